The fourth-order valence-corrected chi connectivity index (χ4v) is 2.53. The minimum Gasteiger partial charge on any atom is -0.508 e. The molecule has 0 aliphatic rings. The lowest BCUT2D eigenvalue weighted by Gasteiger charge is -2.15. The molecular weight excluding hydrogens is 272 g/mol. The summed E-state index contributed by atoms with van der Waals surface area (Å²) in [6, 6.07) is 15.4. The summed E-state index contributed by atoms with van der Waals surface area (Å²) in [5.41, 5.74) is 2.22. The molecule has 0 aromatic heterocycles. The predicted octanol–water partition coefficient (Wildman–Crippen LogP) is 5.80. The molecule has 2 aromatic rings. The monoisotopic (exact) mass is 298 g/mol. The number of benzene rings is 2. The zero-order chi connectivity index (χ0) is 15.8. The van der Waals surface area contributed by atoms with Gasteiger partial charge in [0.25, 0.3) is 0 Å². The van der Waals surface area contributed by atoms with E-state index in [1.165, 1.54) is 25.7 Å². The first-order chi connectivity index (χ1) is 10.7. The van der Waals surface area contributed by atoms with Crippen molar-refractivity contribution in [3.8, 4) is 22.6 Å². The lowest BCUT2D eigenvalue weighted by Crippen LogP contribution is -2.11. The summed E-state index contributed by atoms with van der Waals surface area (Å²) >= 11 is 0. The zero-order valence-corrected chi connectivity index (χ0v) is 13.6. The molecular formula is C20H26O2. The van der Waals surface area contributed by atoms with Crippen molar-refractivity contribution in [1.82, 2.24) is 0 Å². The molecule has 118 valence electrons. The molecule has 0 aliphatic carbocycles. The van der Waals surface area contributed by atoms with Crippen LogP contribution in [-0.2, 0) is 0 Å². The first kappa shape index (κ1) is 16.4. The second-order valence-corrected chi connectivity index (χ2v) is 5.85. The summed E-state index contributed by atoms with van der Waals surface area (Å²) in [4.78, 5) is 0. The number of aromatic hydroxyl groups is 1. The van der Waals surface area contributed by atoms with Crippen LogP contribution in [0.3, 0.4) is 0 Å². The first-order valence-corrected chi connectivity index (χ1v) is 8.25. The van der Waals surface area contributed by atoms with Crippen molar-refractivity contribution < 1.29 is 9.84 Å². The minimum atomic E-state index is 0.261. The van der Waals surface area contributed by atoms with Crippen LogP contribution in [0.5, 0.6) is 11.5 Å². The summed E-state index contributed by atoms with van der Waals surface area (Å²) in [6.07, 6.45) is 6.49. The van der Waals surface area contributed by atoms with Gasteiger partial charge in [0.1, 0.15) is 11.5 Å². The van der Waals surface area contributed by atoms with E-state index in [0.29, 0.717) is 5.75 Å². The second kappa shape index (κ2) is 8.47. The molecule has 0 saturated carbocycles. The number of rotatable bonds is 8. The van der Waals surface area contributed by atoms with Gasteiger partial charge in [-0.3, -0.25) is 0 Å². The maximum absolute atomic E-state index is 9.33. The molecule has 22 heavy (non-hydrogen) atoms. The van der Waals surface area contributed by atoms with E-state index >= 15 is 0 Å². The Kier molecular flexibility index (Phi) is 6.32. The van der Waals surface area contributed by atoms with Crippen molar-refractivity contribution in [3.05, 3.63) is 48.5 Å². The molecule has 2 rings (SSSR count). The third kappa shape index (κ3) is 5.10. The maximum atomic E-state index is 9.33. The molecule has 0 amide bonds. The third-order valence-corrected chi connectivity index (χ3v) is 3.86. The molecule has 0 bridgehead atoms. The molecule has 2 nitrogen and oxygen atoms in total. The van der Waals surface area contributed by atoms with Crippen molar-refractivity contribution >= 4 is 0 Å². The van der Waals surface area contributed by atoms with Crippen molar-refractivity contribution in [2.75, 3.05) is 0 Å². The molecule has 0 radical (unpaired) electrons. The van der Waals surface area contributed by atoms with E-state index in [0.717, 1.165) is 23.3 Å². The van der Waals surface area contributed by atoms with Crippen molar-refractivity contribution in [1.29, 1.82) is 0 Å². The lowest BCUT2D eigenvalue weighted by atomic mass is 10.1. The fourth-order valence-electron chi connectivity index (χ4n) is 2.53. The Labute approximate surface area is 133 Å². The van der Waals surface area contributed by atoms with E-state index in [4.69, 9.17) is 4.74 Å². The Morgan fingerprint density at radius 1 is 0.864 bits per heavy atom. The molecule has 2 aromatic carbocycles. The van der Waals surface area contributed by atoms with Gasteiger partial charge < -0.3 is 9.84 Å². The van der Waals surface area contributed by atoms with Gasteiger partial charge in [-0.1, -0.05) is 50.5 Å². The van der Waals surface area contributed by atoms with Crippen LogP contribution in [-0.4, -0.2) is 11.2 Å². The number of unbranched alkanes of at least 4 members (excludes halogenated alkanes) is 3. The average molecular weight is 298 g/mol. The SMILES string of the molecule is CCCCCC[C@H](C)Oc1ccc(-c2ccc(O)cc2)cc1. The highest BCUT2D eigenvalue weighted by Gasteiger charge is 2.04. The van der Waals surface area contributed by atoms with E-state index in [-0.39, 0.29) is 6.10 Å². The van der Waals surface area contributed by atoms with Crippen molar-refractivity contribution in [2.45, 2.75) is 52.1 Å². The van der Waals surface area contributed by atoms with Crippen LogP contribution >= 0.6 is 0 Å². The van der Waals surface area contributed by atoms with E-state index in [1.807, 2.05) is 24.3 Å². The highest BCUT2D eigenvalue weighted by Crippen LogP contribution is 2.25. The molecule has 0 spiro atoms. The van der Waals surface area contributed by atoms with Gasteiger partial charge in [0.05, 0.1) is 6.10 Å². The van der Waals surface area contributed by atoms with Crippen LogP contribution in [0, 0.1) is 0 Å². The highest BCUT2D eigenvalue weighted by molar-refractivity contribution is 5.64. The summed E-state index contributed by atoms with van der Waals surface area (Å²) in [5.74, 6) is 1.21. The molecule has 2 heteroatoms. The van der Waals surface area contributed by atoms with Gasteiger partial charge in [-0.15, -0.1) is 0 Å². The number of hydrogen-bond acceptors (Lipinski definition) is 2. The molecule has 0 fully saturated rings. The average Bonchev–Trinajstić information content (AvgIpc) is 2.53. The minimum absolute atomic E-state index is 0.261. The summed E-state index contributed by atoms with van der Waals surface area (Å²) < 4.78 is 5.96. The van der Waals surface area contributed by atoms with E-state index in [2.05, 4.69) is 26.0 Å². The molecule has 1 atom stereocenters. The number of phenols is 1. The zero-order valence-electron chi connectivity index (χ0n) is 13.6. The Balaban J connectivity index is 1.87. The lowest BCUT2D eigenvalue weighted by molar-refractivity contribution is 0.206. The van der Waals surface area contributed by atoms with Crippen LogP contribution in [0.2, 0.25) is 0 Å². The molecule has 0 heterocycles. The maximum Gasteiger partial charge on any atom is 0.119 e. The number of phenolic OH excluding ortho intramolecular Hbond substituents is 1. The number of hydrogen-bond donors (Lipinski definition) is 1. The van der Waals surface area contributed by atoms with E-state index in [1.54, 1.807) is 12.1 Å². The van der Waals surface area contributed by atoms with Gasteiger partial charge in [-0.2, -0.15) is 0 Å². The van der Waals surface area contributed by atoms with Gasteiger partial charge in [0.15, 0.2) is 0 Å². The summed E-state index contributed by atoms with van der Waals surface area (Å²) in [5, 5.41) is 9.33. The Morgan fingerprint density at radius 3 is 2.05 bits per heavy atom. The summed E-state index contributed by atoms with van der Waals surface area (Å²) in [6.45, 7) is 4.37. The largest absolute Gasteiger partial charge is 0.508 e. The second-order valence-electron chi connectivity index (χ2n) is 5.85. The van der Waals surface area contributed by atoms with Crippen LogP contribution in [0.4, 0.5) is 0 Å². The van der Waals surface area contributed by atoms with E-state index < -0.39 is 0 Å². The highest BCUT2D eigenvalue weighted by atomic mass is 16.5. The smallest absolute Gasteiger partial charge is 0.119 e. The summed E-state index contributed by atoms with van der Waals surface area (Å²) in [7, 11) is 0. The van der Waals surface area contributed by atoms with Crippen molar-refractivity contribution in [3.63, 3.8) is 0 Å². The quantitative estimate of drug-likeness (QED) is 0.624. The Bertz CT molecular complexity index is 543. The Morgan fingerprint density at radius 2 is 1.45 bits per heavy atom. The third-order valence-electron chi connectivity index (χ3n) is 3.86. The van der Waals surface area contributed by atoms with Crippen LogP contribution < -0.4 is 4.74 Å². The van der Waals surface area contributed by atoms with Gasteiger partial charge in [0, 0.05) is 0 Å². The van der Waals surface area contributed by atoms with Gasteiger partial charge in [0.2, 0.25) is 0 Å². The van der Waals surface area contributed by atoms with Gasteiger partial charge >= 0.3 is 0 Å². The van der Waals surface area contributed by atoms with E-state index in [9.17, 15) is 5.11 Å². The fraction of sp³-hybridized carbons (Fsp3) is 0.400. The molecule has 0 unspecified atom stereocenters. The topological polar surface area (TPSA) is 29.5 Å². The standard InChI is InChI=1S/C20H26O2/c1-3-4-5-6-7-16(2)22-20-14-10-18(11-15-20)17-8-12-19(21)13-9-17/h8-16,21H,3-7H2,1-2H3/t16-/m0/s1. The Hall–Kier alpha value is -1.96. The van der Waals surface area contributed by atoms with Gasteiger partial charge in [-0.25, -0.2) is 0 Å². The predicted molar refractivity (Wildman–Crippen MR) is 92.4 cm³/mol. The van der Waals surface area contributed by atoms with Crippen LogP contribution in [0.1, 0.15) is 46.0 Å². The first-order valence-electron chi connectivity index (χ1n) is 8.25. The van der Waals surface area contributed by atoms with Crippen molar-refractivity contribution in [2.24, 2.45) is 0 Å². The van der Waals surface area contributed by atoms with Crippen LogP contribution in [0.15, 0.2) is 48.5 Å². The molecule has 0 saturated heterocycles. The van der Waals surface area contributed by atoms with Crippen LogP contribution in [0.25, 0.3) is 11.1 Å². The normalized spacial score (nSPS) is 12.1. The molecule has 1 N–H and O–H groups in total. The molecule has 0 aliphatic heterocycles. The van der Waals surface area contributed by atoms with Gasteiger partial charge in [-0.05, 0) is 55.2 Å². The number of ether oxygens (including phenoxy) is 1.